The summed E-state index contributed by atoms with van der Waals surface area (Å²) in [6.45, 7) is 8.29. The Kier molecular flexibility index (Phi) is 46.2. The molecule has 0 aliphatic heterocycles. The van der Waals surface area contributed by atoms with Crippen molar-refractivity contribution in [3.8, 4) is 0 Å². The molecule has 0 spiro atoms. The zero-order chi connectivity index (χ0) is 51.9. The van der Waals surface area contributed by atoms with Crippen LogP contribution in [0.1, 0.15) is 207 Å². The Morgan fingerprint density at radius 3 is 1.51 bits per heavy atom. The number of aliphatic hydroxyl groups excluding tert-OH is 1. The summed E-state index contributed by atoms with van der Waals surface area (Å²) in [5.74, 6) is -2.80. The molecular weight excluding hydrogens is 915 g/mol. The molecule has 0 aliphatic carbocycles. The van der Waals surface area contributed by atoms with Crippen molar-refractivity contribution in [2.75, 3.05) is 64.2 Å². The van der Waals surface area contributed by atoms with E-state index in [1.807, 2.05) is 13.8 Å². The summed E-state index contributed by atoms with van der Waals surface area (Å²) < 4.78 is 22.4. The maximum absolute atomic E-state index is 13.3. The summed E-state index contributed by atoms with van der Waals surface area (Å²) in [6.07, 6.45) is 31.4. The molecule has 0 saturated carbocycles. The zero-order valence-electron chi connectivity index (χ0n) is 44.3. The third-order valence-electron chi connectivity index (χ3n) is 12.4. The highest BCUT2D eigenvalue weighted by Gasteiger charge is 2.25. The Bertz CT molecular complexity index is 1330. The van der Waals surface area contributed by atoms with E-state index < -0.39 is 42.5 Å². The number of hydrogen-bond acceptors (Lipinski definition) is 13. The highest BCUT2D eigenvalue weighted by Crippen LogP contribution is 2.20. The third kappa shape index (κ3) is 41.6. The van der Waals surface area contributed by atoms with Crippen LogP contribution in [0.5, 0.6) is 0 Å². The monoisotopic (exact) mass is 1020 g/mol. The molecule has 0 heterocycles. The fourth-order valence-electron chi connectivity index (χ4n) is 7.71. The van der Waals surface area contributed by atoms with Gasteiger partial charge in [-0.05, 0) is 12.8 Å². The van der Waals surface area contributed by atoms with Crippen molar-refractivity contribution in [1.82, 2.24) is 16.0 Å². The molecule has 0 aromatic rings. The second-order valence-corrected chi connectivity index (χ2v) is 20.1. The molecule has 0 rings (SSSR count). The Hall–Kier alpha value is -2.99. The van der Waals surface area contributed by atoms with Crippen LogP contribution in [0.15, 0.2) is 0 Å². The number of carbonyl (C=O) groups is 6. The first-order chi connectivity index (χ1) is 33.9. The van der Waals surface area contributed by atoms with Crippen LogP contribution in [0.3, 0.4) is 0 Å². The van der Waals surface area contributed by atoms with Gasteiger partial charge in [-0.3, -0.25) is 28.8 Å². The molecule has 70 heavy (non-hydrogen) atoms. The predicted octanol–water partition coefficient (Wildman–Crippen LogP) is 7.96. The van der Waals surface area contributed by atoms with Gasteiger partial charge in [0, 0.05) is 30.9 Å². The van der Waals surface area contributed by atoms with Gasteiger partial charge in [-0.25, -0.2) is 0 Å². The van der Waals surface area contributed by atoms with Crippen LogP contribution in [0.25, 0.3) is 0 Å². The molecule has 17 heteroatoms. The number of nitrogens with two attached hydrogens (primary N) is 2. The lowest BCUT2D eigenvalue weighted by atomic mass is 10.0. The molecule has 0 aliphatic rings. The van der Waals surface area contributed by atoms with E-state index in [0.717, 1.165) is 44.9 Å². The quantitative estimate of drug-likeness (QED) is 0.0250. The van der Waals surface area contributed by atoms with Crippen LogP contribution in [-0.4, -0.2) is 123 Å². The Labute approximate surface area is 427 Å². The first kappa shape index (κ1) is 67.0. The smallest absolute Gasteiger partial charge is 0.308 e. The number of ether oxygens (including phenoxy) is 4. The third-order valence-corrected chi connectivity index (χ3v) is 13.6. The lowest BCUT2D eigenvalue weighted by Gasteiger charge is -2.22. The predicted molar refractivity (Wildman–Crippen MR) is 281 cm³/mol. The highest BCUT2D eigenvalue weighted by atomic mass is 32.2. The molecule has 16 nitrogen and oxygen atoms in total. The van der Waals surface area contributed by atoms with Crippen molar-refractivity contribution in [3.63, 3.8) is 0 Å². The molecule has 0 aromatic heterocycles. The standard InChI is InChI=1S/C53H101N5O11S/c1-5-7-9-11-13-15-17-19-21-23-25-27-29-43(3)52(64)68-35-31-45(69-53(65)44(4)30-28-26-24-22-20-18-16-14-12-10-8-6-2)41-70-42-46(54)50(62)58-47(40-59)51(63)56-33-36-67-38-37-66-34-32-49(61)57-39-48(55)60/h43-47,59H,5-42,54H2,1-4H3,(H2,55,60)(H,56,63)(H,57,61)(H,58,62)/t43-,44-,45+,46-,47-/m0/s1. The van der Waals surface area contributed by atoms with E-state index in [2.05, 4.69) is 29.8 Å². The summed E-state index contributed by atoms with van der Waals surface area (Å²) in [4.78, 5) is 74.2. The Morgan fingerprint density at radius 2 is 1.03 bits per heavy atom. The molecule has 410 valence electrons. The summed E-state index contributed by atoms with van der Waals surface area (Å²) >= 11 is 1.32. The summed E-state index contributed by atoms with van der Waals surface area (Å²) in [6, 6.07) is -2.26. The molecule has 4 amide bonds. The molecule has 0 saturated heterocycles. The van der Waals surface area contributed by atoms with E-state index in [1.54, 1.807) is 0 Å². The van der Waals surface area contributed by atoms with Gasteiger partial charge >= 0.3 is 11.9 Å². The first-order valence-electron chi connectivity index (χ1n) is 27.5. The van der Waals surface area contributed by atoms with Gasteiger partial charge in [0.25, 0.3) is 0 Å². The topological polar surface area (TPSA) is 248 Å². The minimum absolute atomic E-state index is 0.0620. The van der Waals surface area contributed by atoms with Gasteiger partial charge in [0.15, 0.2) is 0 Å². The van der Waals surface area contributed by atoms with Crippen molar-refractivity contribution < 1.29 is 52.8 Å². The average molecular weight is 1020 g/mol. The number of amides is 4. The minimum atomic E-state index is -1.23. The fraction of sp³-hybridized carbons (Fsp3) is 0.887. The summed E-state index contributed by atoms with van der Waals surface area (Å²) in [5, 5.41) is 17.3. The van der Waals surface area contributed by atoms with E-state index in [0.29, 0.717) is 12.2 Å². The van der Waals surface area contributed by atoms with Crippen LogP contribution in [0, 0.1) is 11.8 Å². The molecule has 0 fully saturated rings. The lowest BCUT2D eigenvalue weighted by Crippen LogP contribution is -2.54. The van der Waals surface area contributed by atoms with Gasteiger partial charge in [-0.1, -0.05) is 182 Å². The maximum Gasteiger partial charge on any atom is 0.308 e. The molecule has 0 bridgehead atoms. The lowest BCUT2D eigenvalue weighted by molar-refractivity contribution is -0.155. The number of nitrogens with one attached hydrogen (secondary N) is 3. The van der Waals surface area contributed by atoms with Crippen molar-refractivity contribution in [2.24, 2.45) is 23.3 Å². The largest absolute Gasteiger partial charge is 0.465 e. The molecule has 5 atom stereocenters. The fourth-order valence-corrected chi connectivity index (χ4v) is 8.75. The van der Waals surface area contributed by atoms with Crippen LogP contribution >= 0.6 is 11.8 Å². The molecule has 8 N–H and O–H groups in total. The van der Waals surface area contributed by atoms with Crippen LogP contribution in [-0.2, 0) is 47.7 Å². The van der Waals surface area contributed by atoms with Crippen molar-refractivity contribution in [1.29, 1.82) is 0 Å². The number of hydrogen-bond donors (Lipinski definition) is 6. The summed E-state index contributed by atoms with van der Waals surface area (Å²) in [5.41, 5.74) is 11.2. The van der Waals surface area contributed by atoms with Gasteiger partial charge in [0.2, 0.25) is 23.6 Å². The van der Waals surface area contributed by atoms with Crippen LogP contribution in [0.2, 0.25) is 0 Å². The van der Waals surface area contributed by atoms with Gasteiger partial charge in [-0.15, -0.1) is 0 Å². The van der Waals surface area contributed by atoms with Crippen molar-refractivity contribution >= 4 is 47.3 Å². The normalized spacial score (nSPS) is 13.5. The Balaban J connectivity index is 4.85. The van der Waals surface area contributed by atoms with E-state index in [4.69, 9.17) is 30.4 Å². The Morgan fingerprint density at radius 1 is 0.557 bits per heavy atom. The zero-order valence-corrected chi connectivity index (χ0v) is 45.2. The number of carbonyl (C=O) groups excluding carboxylic acids is 6. The number of primary amides is 1. The van der Waals surface area contributed by atoms with E-state index in [-0.39, 0.29) is 88.0 Å². The van der Waals surface area contributed by atoms with Crippen molar-refractivity contribution in [3.05, 3.63) is 0 Å². The van der Waals surface area contributed by atoms with Gasteiger partial charge in [-0.2, -0.15) is 11.8 Å². The van der Waals surface area contributed by atoms with E-state index in [1.165, 1.54) is 134 Å². The number of esters is 2. The second kappa shape index (κ2) is 48.3. The van der Waals surface area contributed by atoms with Gasteiger partial charge < -0.3 is 51.5 Å². The SMILES string of the molecule is CCCCCCCCCCCCCC[C@H](C)C(=O)OCC[C@H](CSC[C@H](N)C(=O)N[C@@H](CO)C(=O)NCCOCCOCCC(=O)NCC(N)=O)OC(=O)[C@@H](C)CCCCCCCCCCCCCC. The average Bonchev–Trinajstić information content (AvgIpc) is 3.34. The highest BCUT2D eigenvalue weighted by molar-refractivity contribution is 7.99. The van der Waals surface area contributed by atoms with Crippen molar-refractivity contribution in [2.45, 2.75) is 226 Å². The number of rotatable bonds is 51. The minimum Gasteiger partial charge on any atom is -0.465 e. The number of aliphatic hydroxyl groups is 1. The van der Waals surface area contributed by atoms with Gasteiger partial charge in [0.1, 0.15) is 12.1 Å². The number of thioether (sulfide) groups is 1. The maximum atomic E-state index is 13.3. The molecule has 0 unspecified atom stereocenters. The van der Waals surface area contributed by atoms with Crippen LogP contribution < -0.4 is 27.4 Å². The van der Waals surface area contributed by atoms with E-state index in [9.17, 15) is 33.9 Å². The summed E-state index contributed by atoms with van der Waals surface area (Å²) in [7, 11) is 0. The first-order valence-corrected chi connectivity index (χ1v) is 28.6. The van der Waals surface area contributed by atoms with E-state index >= 15 is 0 Å². The molecule has 0 aromatic carbocycles. The number of unbranched alkanes of at least 4 members (excludes halogenated alkanes) is 22. The molecular formula is C53H101N5O11S. The van der Waals surface area contributed by atoms with Crippen LogP contribution in [0.4, 0.5) is 0 Å². The van der Waals surface area contributed by atoms with Gasteiger partial charge in [0.05, 0.1) is 64.1 Å². The second-order valence-electron chi connectivity index (χ2n) is 19.1. The molecule has 0 radical (unpaired) electrons.